The monoisotopic (exact) mass is 506 g/mol. The van der Waals surface area contributed by atoms with Gasteiger partial charge < -0.3 is 0 Å². The van der Waals surface area contributed by atoms with E-state index in [0.29, 0.717) is 17.0 Å². The van der Waals surface area contributed by atoms with Crippen LogP contribution in [0.2, 0.25) is 0 Å². The summed E-state index contributed by atoms with van der Waals surface area (Å²) in [6, 6.07) is 17.3. The summed E-state index contributed by atoms with van der Waals surface area (Å²) in [5.74, 6) is -0.0421. The van der Waals surface area contributed by atoms with Gasteiger partial charge in [-0.15, -0.1) is 0 Å². The summed E-state index contributed by atoms with van der Waals surface area (Å²) >= 11 is 3.52. The third-order valence-electron chi connectivity index (χ3n) is 5.46. The third-order valence-corrected chi connectivity index (χ3v) is 6.13. The molecule has 2 heterocycles. The summed E-state index contributed by atoms with van der Waals surface area (Å²) in [6.45, 7) is 6.95. The van der Waals surface area contributed by atoms with Crippen molar-refractivity contribution in [3.05, 3.63) is 98.5 Å². The highest BCUT2D eigenvalue weighted by atomic mass is 79.9. The topological polar surface area (TPSA) is 51.0 Å². The highest BCUT2D eigenvalue weighted by Gasteiger charge is 2.14. The number of aromatic nitrogens is 3. The predicted octanol–water partition coefficient (Wildman–Crippen LogP) is 5.69. The summed E-state index contributed by atoms with van der Waals surface area (Å²) in [4.78, 5) is 25.1. The van der Waals surface area contributed by atoms with Crippen LogP contribution in [0.3, 0.4) is 0 Å². The fourth-order valence-corrected chi connectivity index (χ4v) is 4.13. The molecule has 0 aliphatic rings. The first-order valence-corrected chi connectivity index (χ1v) is 11.6. The second-order valence-corrected chi connectivity index (χ2v) is 8.43. The molecular formula is C26H24BrFN4O. The average Bonchev–Trinajstić information content (AvgIpc) is 2.83. The van der Waals surface area contributed by atoms with Gasteiger partial charge in [0, 0.05) is 11.0 Å². The summed E-state index contributed by atoms with van der Waals surface area (Å²) < 4.78 is 16.1. The SMILES string of the molecule is CCN(CC)Cc1cccc(C=Cc2nc3ccc(F)cc3c(=O)n2-c2ccccc2Br)n1. The lowest BCUT2D eigenvalue weighted by Gasteiger charge is -2.17. The minimum absolute atomic E-state index is 0.224. The van der Waals surface area contributed by atoms with Crippen molar-refractivity contribution in [3.63, 3.8) is 0 Å². The van der Waals surface area contributed by atoms with E-state index in [0.717, 1.165) is 35.5 Å². The molecule has 168 valence electrons. The van der Waals surface area contributed by atoms with Crippen molar-refractivity contribution < 1.29 is 4.39 Å². The van der Waals surface area contributed by atoms with Crippen molar-refractivity contribution in [1.29, 1.82) is 0 Å². The van der Waals surface area contributed by atoms with Crippen molar-refractivity contribution in [1.82, 2.24) is 19.4 Å². The van der Waals surface area contributed by atoms with Gasteiger partial charge in [0.25, 0.3) is 5.56 Å². The second kappa shape index (κ2) is 10.2. The van der Waals surface area contributed by atoms with E-state index >= 15 is 0 Å². The molecule has 2 aromatic carbocycles. The normalized spacial score (nSPS) is 11.7. The van der Waals surface area contributed by atoms with Crippen LogP contribution >= 0.6 is 15.9 Å². The third kappa shape index (κ3) is 5.10. The van der Waals surface area contributed by atoms with Gasteiger partial charge in [-0.05, 0) is 83.6 Å². The van der Waals surface area contributed by atoms with E-state index in [9.17, 15) is 9.18 Å². The van der Waals surface area contributed by atoms with Gasteiger partial charge >= 0.3 is 0 Å². The molecule has 4 rings (SSSR count). The van der Waals surface area contributed by atoms with E-state index in [4.69, 9.17) is 4.98 Å². The first-order valence-electron chi connectivity index (χ1n) is 10.8. The Kier molecular flexibility index (Phi) is 7.11. The zero-order valence-electron chi connectivity index (χ0n) is 18.5. The molecule has 4 aromatic rings. The van der Waals surface area contributed by atoms with Crippen LogP contribution in [0.5, 0.6) is 0 Å². The number of benzene rings is 2. The van der Waals surface area contributed by atoms with E-state index in [1.54, 1.807) is 6.08 Å². The Morgan fingerprint density at radius 1 is 1.00 bits per heavy atom. The van der Waals surface area contributed by atoms with Gasteiger partial charge in [0.1, 0.15) is 11.6 Å². The van der Waals surface area contributed by atoms with Crippen molar-refractivity contribution >= 4 is 39.0 Å². The minimum Gasteiger partial charge on any atom is -0.298 e. The standard InChI is InChI=1S/C26H24BrFN4O/c1-3-31(4-2)17-20-9-7-8-19(29-20)13-15-25-30-23-14-12-18(28)16-21(23)26(33)32(25)24-11-6-5-10-22(24)27/h5-16H,3-4,17H2,1-2H3. The van der Waals surface area contributed by atoms with Crippen LogP contribution in [0.15, 0.2) is 69.9 Å². The number of nitrogens with zero attached hydrogens (tertiary/aromatic N) is 4. The second-order valence-electron chi connectivity index (χ2n) is 7.57. The van der Waals surface area contributed by atoms with E-state index in [1.165, 1.54) is 22.8 Å². The van der Waals surface area contributed by atoms with E-state index in [-0.39, 0.29) is 10.9 Å². The molecule has 33 heavy (non-hydrogen) atoms. The van der Waals surface area contributed by atoms with Gasteiger partial charge in [-0.25, -0.2) is 9.37 Å². The first-order chi connectivity index (χ1) is 16.0. The molecule has 0 atom stereocenters. The zero-order chi connectivity index (χ0) is 23.4. The molecule has 0 spiro atoms. The lowest BCUT2D eigenvalue weighted by atomic mass is 10.2. The van der Waals surface area contributed by atoms with Gasteiger partial charge in [0.2, 0.25) is 0 Å². The lowest BCUT2D eigenvalue weighted by molar-refractivity contribution is 0.292. The van der Waals surface area contributed by atoms with Gasteiger partial charge in [0.05, 0.1) is 28.0 Å². The van der Waals surface area contributed by atoms with Crippen molar-refractivity contribution in [2.45, 2.75) is 20.4 Å². The van der Waals surface area contributed by atoms with Crippen LogP contribution in [-0.4, -0.2) is 32.5 Å². The molecule has 0 radical (unpaired) electrons. The predicted molar refractivity (Wildman–Crippen MR) is 135 cm³/mol. The summed E-state index contributed by atoms with van der Waals surface area (Å²) in [6.07, 6.45) is 3.61. The molecular weight excluding hydrogens is 483 g/mol. The average molecular weight is 507 g/mol. The number of hydrogen-bond acceptors (Lipinski definition) is 4. The van der Waals surface area contributed by atoms with Gasteiger partial charge in [-0.3, -0.25) is 19.2 Å². The van der Waals surface area contributed by atoms with Crippen molar-refractivity contribution in [3.8, 4) is 5.69 Å². The molecule has 0 bridgehead atoms. The van der Waals surface area contributed by atoms with Crippen LogP contribution in [0.1, 0.15) is 31.1 Å². The summed E-state index contributed by atoms with van der Waals surface area (Å²) in [5, 5.41) is 0.224. The van der Waals surface area contributed by atoms with Crippen molar-refractivity contribution in [2.75, 3.05) is 13.1 Å². The lowest BCUT2D eigenvalue weighted by Crippen LogP contribution is -2.23. The summed E-state index contributed by atoms with van der Waals surface area (Å²) in [7, 11) is 0. The van der Waals surface area contributed by atoms with E-state index in [1.807, 2.05) is 48.5 Å². The number of halogens is 2. The Morgan fingerprint density at radius 3 is 2.55 bits per heavy atom. The summed E-state index contributed by atoms with van der Waals surface area (Å²) in [5.41, 5.74) is 2.48. The number of para-hydroxylation sites is 1. The minimum atomic E-state index is -0.474. The Bertz CT molecular complexity index is 1380. The molecule has 0 aliphatic carbocycles. The van der Waals surface area contributed by atoms with E-state index in [2.05, 4.69) is 39.7 Å². The van der Waals surface area contributed by atoms with Gasteiger partial charge in [-0.2, -0.15) is 0 Å². The molecule has 5 nitrogen and oxygen atoms in total. The van der Waals surface area contributed by atoms with Crippen LogP contribution in [0.25, 0.3) is 28.7 Å². The number of hydrogen-bond donors (Lipinski definition) is 0. The molecule has 0 saturated carbocycles. The number of pyridine rings is 1. The van der Waals surface area contributed by atoms with Crippen LogP contribution in [0, 0.1) is 5.82 Å². The quantitative estimate of drug-likeness (QED) is 0.322. The highest BCUT2D eigenvalue weighted by Crippen LogP contribution is 2.22. The zero-order valence-corrected chi connectivity index (χ0v) is 20.1. The van der Waals surface area contributed by atoms with Crippen LogP contribution < -0.4 is 5.56 Å². The Morgan fingerprint density at radius 2 is 1.79 bits per heavy atom. The molecule has 0 saturated heterocycles. The molecule has 0 aliphatic heterocycles. The largest absolute Gasteiger partial charge is 0.298 e. The van der Waals surface area contributed by atoms with Crippen LogP contribution in [-0.2, 0) is 6.54 Å². The fraction of sp³-hybridized carbons (Fsp3) is 0.192. The van der Waals surface area contributed by atoms with E-state index < -0.39 is 5.82 Å². The Labute approximate surface area is 200 Å². The maximum atomic E-state index is 13.9. The Hall–Kier alpha value is -3.16. The number of fused-ring (bicyclic) bond motifs is 1. The molecule has 0 amide bonds. The van der Waals surface area contributed by atoms with Gasteiger partial charge in [0.15, 0.2) is 0 Å². The molecule has 0 fully saturated rings. The smallest absolute Gasteiger partial charge is 0.266 e. The number of rotatable bonds is 7. The maximum Gasteiger partial charge on any atom is 0.266 e. The highest BCUT2D eigenvalue weighted by molar-refractivity contribution is 9.10. The molecule has 2 aromatic heterocycles. The fourth-order valence-electron chi connectivity index (χ4n) is 3.67. The maximum absolute atomic E-state index is 13.9. The Balaban J connectivity index is 1.82. The van der Waals surface area contributed by atoms with Gasteiger partial charge in [-0.1, -0.05) is 32.0 Å². The van der Waals surface area contributed by atoms with Crippen molar-refractivity contribution in [2.24, 2.45) is 0 Å². The molecule has 7 heteroatoms. The molecule has 0 N–H and O–H groups in total. The first kappa shape index (κ1) is 23.0. The van der Waals surface area contributed by atoms with Crippen LogP contribution in [0.4, 0.5) is 4.39 Å². The molecule has 0 unspecified atom stereocenters.